The third kappa shape index (κ3) is 4.27. The fraction of sp³-hybridized carbons (Fsp3) is 0.647. The normalized spacial score (nSPS) is 19.2. The van der Waals surface area contributed by atoms with Crippen molar-refractivity contribution in [2.45, 2.75) is 64.5 Å². The van der Waals surface area contributed by atoms with Crippen LogP contribution in [-0.2, 0) is 4.79 Å². The second-order valence-corrected chi connectivity index (χ2v) is 7.44. The van der Waals surface area contributed by atoms with E-state index in [1.165, 1.54) is 0 Å². The molecular weight excluding hydrogens is 262 g/mol. The molecule has 1 amide bonds. The Labute approximate surface area is 127 Å². The summed E-state index contributed by atoms with van der Waals surface area (Å²) >= 11 is 0. The first-order valence-corrected chi connectivity index (χ1v) is 7.80. The lowest BCUT2D eigenvalue weighted by atomic mass is 9.85. The van der Waals surface area contributed by atoms with Crippen LogP contribution >= 0.6 is 0 Å². The highest BCUT2D eigenvalue weighted by atomic mass is 16.2. The lowest BCUT2D eigenvalue weighted by Crippen LogP contribution is -2.53. The van der Waals surface area contributed by atoms with Gasteiger partial charge in [0.25, 0.3) is 0 Å². The van der Waals surface area contributed by atoms with Crippen LogP contribution in [0.1, 0.15) is 64.5 Å². The molecule has 1 fully saturated rings. The molecule has 1 unspecified atom stereocenters. The lowest BCUT2D eigenvalue weighted by molar-refractivity contribution is -0.127. The third-order valence-electron chi connectivity index (χ3n) is 4.16. The average molecular weight is 289 g/mol. The minimum atomic E-state index is -0.682. The highest BCUT2D eigenvalue weighted by Gasteiger charge is 2.38. The zero-order valence-corrected chi connectivity index (χ0v) is 13.4. The number of carbonyl (C=O) groups is 1. The summed E-state index contributed by atoms with van der Waals surface area (Å²) in [7, 11) is 0. The highest BCUT2D eigenvalue weighted by molar-refractivity contribution is 5.86. The van der Waals surface area contributed by atoms with Gasteiger partial charge in [-0.3, -0.25) is 9.78 Å². The summed E-state index contributed by atoms with van der Waals surface area (Å²) in [4.78, 5) is 16.8. The minimum absolute atomic E-state index is 0.0156. The van der Waals surface area contributed by atoms with Gasteiger partial charge in [0.1, 0.15) is 0 Å². The van der Waals surface area contributed by atoms with Crippen LogP contribution < -0.4 is 11.1 Å². The molecule has 21 heavy (non-hydrogen) atoms. The first-order valence-electron chi connectivity index (χ1n) is 7.80. The molecule has 3 N–H and O–H groups in total. The number of nitrogens with one attached hydrogen (secondary N) is 1. The summed E-state index contributed by atoms with van der Waals surface area (Å²) in [5.41, 5.74) is 6.74. The van der Waals surface area contributed by atoms with Crippen molar-refractivity contribution in [2.24, 2.45) is 11.1 Å². The first-order chi connectivity index (χ1) is 9.80. The molecule has 0 bridgehead atoms. The maximum atomic E-state index is 12.6. The molecule has 0 aromatic carbocycles. The number of nitrogens with two attached hydrogens (primary N) is 1. The van der Waals surface area contributed by atoms with Gasteiger partial charge < -0.3 is 11.1 Å². The van der Waals surface area contributed by atoms with Gasteiger partial charge in [0, 0.05) is 12.4 Å². The molecule has 1 aromatic heterocycles. The van der Waals surface area contributed by atoms with Crippen LogP contribution in [0.4, 0.5) is 0 Å². The largest absolute Gasteiger partial charge is 0.348 e. The van der Waals surface area contributed by atoms with E-state index in [4.69, 9.17) is 5.73 Å². The average Bonchev–Trinajstić information content (AvgIpc) is 2.86. The fourth-order valence-corrected chi connectivity index (χ4v) is 2.98. The van der Waals surface area contributed by atoms with E-state index in [1.54, 1.807) is 6.20 Å². The molecule has 1 saturated carbocycles. The van der Waals surface area contributed by atoms with Crippen molar-refractivity contribution in [1.29, 1.82) is 0 Å². The smallest absolute Gasteiger partial charge is 0.240 e. The number of aromatic nitrogens is 1. The minimum Gasteiger partial charge on any atom is -0.348 e. The Hall–Kier alpha value is -1.42. The zero-order chi connectivity index (χ0) is 15.5. The Bertz CT molecular complexity index is 473. The van der Waals surface area contributed by atoms with Crippen LogP contribution in [0.3, 0.4) is 0 Å². The molecular formula is C17H27N3O. The monoisotopic (exact) mass is 289 g/mol. The van der Waals surface area contributed by atoms with Crippen molar-refractivity contribution < 1.29 is 4.79 Å². The molecule has 1 aromatic rings. The molecule has 0 spiro atoms. The quantitative estimate of drug-likeness (QED) is 0.895. The van der Waals surface area contributed by atoms with Gasteiger partial charge in [0.05, 0.1) is 11.6 Å². The van der Waals surface area contributed by atoms with Crippen LogP contribution in [-0.4, -0.2) is 16.4 Å². The Morgan fingerprint density at radius 2 is 2.10 bits per heavy atom. The second kappa shape index (κ2) is 6.14. The Morgan fingerprint density at radius 3 is 2.62 bits per heavy atom. The van der Waals surface area contributed by atoms with Crippen molar-refractivity contribution in [3.05, 3.63) is 30.1 Å². The summed E-state index contributed by atoms with van der Waals surface area (Å²) in [5.74, 6) is -0.0156. The van der Waals surface area contributed by atoms with E-state index in [1.807, 2.05) is 18.3 Å². The number of hydrogen-bond acceptors (Lipinski definition) is 3. The number of hydrogen-bond donors (Lipinski definition) is 2. The number of amides is 1. The Kier molecular flexibility index (Phi) is 4.67. The third-order valence-corrected chi connectivity index (χ3v) is 4.16. The van der Waals surface area contributed by atoms with Crippen LogP contribution in [0.2, 0.25) is 0 Å². The van der Waals surface area contributed by atoms with Gasteiger partial charge in [-0.2, -0.15) is 0 Å². The SMILES string of the molecule is CC(C)(C)CC(NC(=O)C1(N)CCCC1)c1cccnc1. The summed E-state index contributed by atoms with van der Waals surface area (Å²) in [6, 6.07) is 3.89. The Balaban J connectivity index is 2.14. The van der Waals surface area contributed by atoms with E-state index in [0.29, 0.717) is 0 Å². The van der Waals surface area contributed by atoms with Gasteiger partial charge in [-0.1, -0.05) is 39.7 Å². The summed E-state index contributed by atoms with van der Waals surface area (Å²) < 4.78 is 0. The van der Waals surface area contributed by atoms with E-state index in [9.17, 15) is 4.79 Å². The van der Waals surface area contributed by atoms with Gasteiger partial charge in [0.15, 0.2) is 0 Å². The first kappa shape index (κ1) is 16.0. The molecule has 2 rings (SSSR count). The molecule has 0 radical (unpaired) electrons. The van der Waals surface area contributed by atoms with E-state index in [2.05, 4.69) is 31.1 Å². The molecule has 0 saturated heterocycles. The molecule has 4 heteroatoms. The van der Waals surface area contributed by atoms with E-state index >= 15 is 0 Å². The van der Waals surface area contributed by atoms with Gasteiger partial charge >= 0.3 is 0 Å². The number of carbonyl (C=O) groups excluding carboxylic acids is 1. The van der Waals surface area contributed by atoms with Gasteiger partial charge in [-0.25, -0.2) is 0 Å². The maximum absolute atomic E-state index is 12.6. The van der Waals surface area contributed by atoms with Crippen LogP contribution in [0.25, 0.3) is 0 Å². The molecule has 0 aliphatic heterocycles. The number of rotatable bonds is 4. The van der Waals surface area contributed by atoms with Gasteiger partial charge in [0.2, 0.25) is 5.91 Å². The molecule has 1 aliphatic carbocycles. The molecule has 1 aliphatic rings. The topological polar surface area (TPSA) is 68.0 Å². The van der Waals surface area contributed by atoms with E-state index < -0.39 is 5.54 Å². The predicted molar refractivity (Wildman–Crippen MR) is 84.6 cm³/mol. The summed E-state index contributed by atoms with van der Waals surface area (Å²) in [5, 5.41) is 3.17. The second-order valence-electron chi connectivity index (χ2n) is 7.44. The highest BCUT2D eigenvalue weighted by Crippen LogP contribution is 2.32. The molecule has 1 atom stereocenters. The van der Waals surface area contributed by atoms with E-state index in [0.717, 1.165) is 37.7 Å². The van der Waals surface area contributed by atoms with Crippen LogP contribution in [0, 0.1) is 5.41 Å². The standard InChI is InChI=1S/C17H27N3O/c1-16(2,3)11-14(13-7-6-10-19-12-13)20-15(21)17(18)8-4-5-9-17/h6-7,10,12,14H,4-5,8-9,11,18H2,1-3H3,(H,20,21). The zero-order valence-electron chi connectivity index (χ0n) is 13.4. The molecule has 116 valence electrons. The fourth-order valence-electron chi connectivity index (χ4n) is 2.98. The van der Waals surface area contributed by atoms with Crippen molar-refractivity contribution >= 4 is 5.91 Å². The van der Waals surface area contributed by atoms with Crippen LogP contribution in [0.5, 0.6) is 0 Å². The van der Waals surface area contributed by atoms with Crippen molar-refractivity contribution in [3.63, 3.8) is 0 Å². The number of pyridine rings is 1. The predicted octanol–water partition coefficient (Wildman–Crippen LogP) is 2.95. The van der Waals surface area contributed by atoms with E-state index in [-0.39, 0.29) is 17.4 Å². The van der Waals surface area contributed by atoms with Crippen molar-refractivity contribution in [2.75, 3.05) is 0 Å². The van der Waals surface area contributed by atoms with Gasteiger partial charge in [-0.05, 0) is 36.3 Å². The summed E-state index contributed by atoms with van der Waals surface area (Å²) in [6.07, 6.45) is 8.10. The Morgan fingerprint density at radius 1 is 1.43 bits per heavy atom. The van der Waals surface area contributed by atoms with Gasteiger partial charge in [-0.15, -0.1) is 0 Å². The molecule has 1 heterocycles. The molecule has 4 nitrogen and oxygen atoms in total. The maximum Gasteiger partial charge on any atom is 0.240 e. The van der Waals surface area contributed by atoms with Crippen molar-refractivity contribution in [1.82, 2.24) is 10.3 Å². The van der Waals surface area contributed by atoms with Crippen molar-refractivity contribution in [3.8, 4) is 0 Å². The van der Waals surface area contributed by atoms with Crippen LogP contribution in [0.15, 0.2) is 24.5 Å². The summed E-state index contributed by atoms with van der Waals surface area (Å²) in [6.45, 7) is 6.53. The lowest BCUT2D eigenvalue weighted by Gasteiger charge is -2.30. The number of nitrogens with zero attached hydrogens (tertiary/aromatic N) is 1.